The van der Waals surface area contributed by atoms with E-state index in [1.807, 2.05) is 0 Å². The summed E-state index contributed by atoms with van der Waals surface area (Å²) in [4.78, 5) is 0. The van der Waals surface area contributed by atoms with E-state index in [9.17, 15) is 8.78 Å². The first-order valence-electron chi connectivity index (χ1n) is 3.98. The third-order valence-corrected chi connectivity index (χ3v) is 2.41. The first kappa shape index (κ1) is 8.94. The van der Waals surface area contributed by atoms with Crippen molar-refractivity contribution in [1.29, 1.82) is 0 Å². The summed E-state index contributed by atoms with van der Waals surface area (Å²) in [6.45, 7) is 0. The molecule has 1 aliphatic rings. The maximum Gasteiger partial charge on any atom is 0.162 e. The number of ether oxygens (including phenoxy) is 1. The zero-order valence-electron chi connectivity index (χ0n) is 6.69. The van der Waals surface area contributed by atoms with Crippen molar-refractivity contribution in [1.82, 2.24) is 0 Å². The van der Waals surface area contributed by atoms with Crippen molar-refractivity contribution < 1.29 is 13.5 Å². The van der Waals surface area contributed by atoms with Crippen LogP contribution in [0.2, 0.25) is 0 Å². The van der Waals surface area contributed by atoms with Crippen LogP contribution in [-0.4, -0.2) is 6.10 Å². The highest BCUT2D eigenvalue weighted by Gasteiger charge is 2.24. The zero-order valence-corrected chi connectivity index (χ0v) is 8.27. The molecular weight excluding hydrogens is 242 g/mol. The maximum absolute atomic E-state index is 12.8. The third kappa shape index (κ3) is 1.99. The van der Waals surface area contributed by atoms with Gasteiger partial charge < -0.3 is 4.74 Å². The van der Waals surface area contributed by atoms with Crippen molar-refractivity contribution in [3.63, 3.8) is 0 Å². The second-order valence-corrected chi connectivity index (χ2v) is 3.87. The summed E-state index contributed by atoms with van der Waals surface area (Å²) in [6, 6.07) is 2.14. The van der Waals surface area contributed by atoms with Gasteiger partial charge in [0.2, 0.25) is 0 Å². The van der Waals surface area contributed by atoms with Gasteiger partial charge in [0.05, 0.1) is 10.6 Å². The Hall–Kier alpha value is -0.640. The monoisotopic (exact) mass is 248 g/mol. The van der Waals surface area contributed by atoms with E-state index in [-0.39, 0.29) is 6.10 Å². The molecule has 0 aliphatic heterocycles. The fourth-order valence-electron chi connectivity index (χ4n) is 0.960. The number of benzene rings is 1. The highest BCUT2D eigenvalue weighted by atomic mass is 79.9. The van der Waals surface area contributed by atoms with E-state index in [1.54, 1.807) is 0 Å². The standard InChI is InChI=1S/C9H7BrF2O/c10-6-3-7(11)8(12)4-9(6)13-5-1-2-5/h3-5H,1-2H2. The Kier molecular flexibility index (Phi) is 2.24. The molecule has 1 aromatic rings. The third-order valence-electron chi connectivity index (χ3n) is 1.79. The minimum Gasteiger partial charge on any atom is -0.489 e. The van der Waals surface area contributed by atoms with E-state index in [2.05, 4.69) is 15.9 Å². The van der Waals surface area contributed by atoms with Crippen LogP contribution in [0.3, 0.4) is 0 Å². The molecule has 70 valence electrons. The topological polar surface area (TPSA) is 9.23 Å². The highest BCUT2D eigenvalue weighted by molar-refractivity contribution is 9.10. The van der Waals surface area contributed by atoms with Crippen molar-refractivity contribution in [3.05, 3.63) is 28.2 Å². The summed E-state index contributed by atoms with van der Waals surface area (Å²) < 4.78 is 31.2. The number of rotatable bonds is 2. The minimum absolute atomic E-state index is 0.182. The van der Waals surface area contributed by atoms with Gasteiger partial charge in [-0.15, -0.1) is 0 Å². The van der Waals surface area contributed by atoms with Crippen LogP contribution in [0.1, 0.15) is 12.8 Å². The Labute approximate surface area is 82.8 Å². The second kappa shape index (κ2) is 3.25. The smallest absolute Gasteiger partial charge is 0.162 e. The molecule has 0 aromatic heterocycles. The molecule has 1 aliphatic carbocycles. The molecule has 0 heterocycles. The summed E-state index contributed by atoms with van der Waals surface area (Å²) in [5.41, 5.74) is 0. The highest BCUT2D eigenvalue weighted by Crippen LogP contribution is 2.33. The summed E-state index contributed by atoms with van der Waals surface area (Å²) in [7, 11) is 0. The van der Waals surface area contributed by atoms with E-state index in [0.717, 1.165) is 25.0 Å². The van der Waals surface area contributed by atoms with Gasteiger partial charge in [-0.1, -0.05) is 0 Å². The van der Waals surface area contributed by atoms with Gasteiger partial charge in [-0.25, -0.2) is 8.78 Å². The van der Waals surface area contributed by atoms with Crippen LogP contribution in [0.5, 0.6) is 5.75 Å². The molecule has 4 heteroatoms. The van der Waals surface area contributed by atoms with Crippen molar-refractivity contribution in [2.24, 2.45) is 0 Å². The molecule has 0 spiro atoms. The van der Waals surface area contributed by atoms with E-state index in [1.165, 1.54) is 0 Å². The quantitative estimate of drug-likeness (QED) is 0.731. The molecular formula is C9H7BrF2O. The van der Waals surface area contributed by atoms with Gasteiger partial charge in [0, 0.05) is 6.07 Å². The predicted molar refractivity (Wildman–Crippen MR) is 47.7 cm³/mol. The SMILES string of the molecule is Fc1cc(Br)c(OC2CC2)cc1F. The van der Waals surface area contributed by atoms with Gasteiger partial charge in [-0.3, -0.25) is 0 Å². The average Bonchev–Trinajstić information content (AvgIpc) is 2.84. The van der Waals surface area contributed by atoms with Crippen LogP contribution >= 0.6 is 15.9 Å². The Morgan fingerprint density at radius 3 is 2.46 bits per heavy atom. The molecule has 1 aromatic carbocycles. The minimum atomic E-state index is -0.876. The van der Waals surface area contributed by atoms with Crippen molar-refractivity contribution in [2.75, 3.05) is 0 Å². The van der Waals surface area contributed by atoms with Crippen molar-refractivity contribution in [3.8, 4) is 5.75 Å². The van der Waals surface area contributed by atoms with E-state index >= 15 is 0 Å². The first-order valence-corrected chi connectivity index (χ1v) is 4.77. The lowest BCUT2D eigenvalue weighted by Gasteiger charge is -2.06. The predicted octanol–water partition coefficient (Wildman–Crippen LogP) is 3.27. The average molecular weight is 249 g/mol. The normalized spacial score (nSPS) is 15.9. The second-order valence-electron chi connectivity index (χ2n) is 3.01. The van der Waals surface area contributed by atoms with Gasteiger partial charge >= 0.3 is 0 Å². The molecule has 0 unspecified atom stereocenters. The molecule has 0 N–H and O–H groups in total. The summed E-state index contributed by atoms with van der Waals surface area (Å²) in [6.07, 6.45) is 2.16. The molecule has 0 radical (unpaired) electrons. The molecule has 0 amide bonds. The molecule has 0 atom stereocenters. The molecule has 0 bridgehead atoms. The molecule has 2 rings (SSSR count). The lowest BCUT2D eigenvalue weighted by atomic mass is 10.3. The van der Waals surface area contributed by atoms with Crippen LogP contribution in [0.25, 0.3) is 0 Å². The molecule has 1 fully saturated rings. The fourth-order valence-corrected chi connectivity index (χ4v) is 1.37. The molecule has 0 saturated heterocycles. The van der Waals surface area contributed by atoms with Gasteiger partial charge in [0.25, 0.3) is 0 Å². The number of halogens is 3. The summed E-state index contributed by atoms with van der Waals surface area (Å²) in [5, 5.41) is 0. The lowest BCUT2D eigenvalue weighted by Crippen LogP contribution is -1.98. The molecule has 1 saturated carbocycles. The zero-order chi connectivity index (χ0) is 9.42. The largest absolute Gasteiger partial charge is 0.489 e. The Balaban J connectivity index is 2.27. The van der Waals surface area contributed by atoms with Crippen LogP contribution in [0.4, 0.5) is 8.78 Å². The van der Waals surface area contributed by atoms with E-state index in [4.69, 9.17) is 4.74 Å². The van der Waals surface area contributed by atoms with Gasteiger partial charge in [0.15, 0.2) is 11.6 Å². The van der Waals surface area contributed by atoms with E-state index < -0.39 is 11.6 Å². The van der Waals surface area contributed by atoms with Crippen molar-refractivity contribution in [2.45, 2.75) is 18.9 Å². The van der Waals surface area contributed by atoms with Gasteiger partial charge in [0.1, 0.15) is 5.75 Å². The summed E-state index contributed by atoms with van der Waals surface area (Å²) in [5.74, 6) is -1.37. The molecule has 1 nitrogen and oxygen atoms in total. The number of hydrogen-bond acceptors (Lipinski definition) is 1. The first-order chi connectivity index (χ1) is 6.16. The summed E-state index contributed by atoms with van der Waals surface area (Å²) >= 11 is 3.11. The molecule has 13 heavy (non-hydrogen) atoms. The lowest BCUT2D eigenvalue weighted by molar-refractivity contribution is 0.298. The van der Waals surface area contributed by atoms with E-state index in [0.29, 0.717) is 10.2 Å². The van der Waals surface area contributed by atoms with Crippen molar-refractivity contribution >= 4 is 15.9 Å². The van der Waals surface area contributed by atoms with Gasteiger partial charge in [-0.05, 0) is 34.8 Å². The van der Waals surface area contributed by atoms with Crippen LogP contribution in [0.15, 0.2) is 16.6 Å². The van der Waals surface area contributed by atoms with Gasteiger partial charge in [-0.2, -0.15) is 0 Å². The Bertz CT molecular complexity index is 337. The fraction of sp³-hybridized carbons (Fsp3) is 0.333. The maximum atomic E-state index is 12.8. The Morgan fingerprint density at radius 2 is 1.85 bits per heavy atom. The van der Waals surface area contributed by atoms with Crippen LogP contribution < -0.4 is 4.74 Å². The number of hydrogen-bond donors (Lipinski definition) is 0. The van der Waals surface area contributed by atoms with Crippen LogP contribution in [0, 0.1) is 11.6 Å². The Morgan fingerprint density at radius 1 is 1.23 bits per heavy atom. The van der Waals surface area contributed by atoms with Crippen LogP contribution in [-0.2, 0) is 0 Å².